The molecule has 0 aliphatic carbocycles. The molecule has 0 saturated carbocycles. The van der Waals surface area contributed by atoms with Crippen LogP contribution < -0.4 is 16.2 Å². The van der Waals surface area contributed by atoms with Gasteiger partial charge in [-0.05, 0) is 37.2 Å². The standard InChI is InChI=1S/C21H28FN5O3/c1-13(2)10-23-16-12-26(3)8-9-27-19(16)25-17(18(28)21(27)30)20(29)24-11-14-4-6-15(22)7-5-14/h4-7,13,16,23,28H,8-12H2,1-3H3,(H,24,29). The minimum absolute atomic E-state index is 0.121. The minimum Gasteiger partial charge on any atom is -0.501 e. The van der Waals surface area contributed by atoms with Gasteiger partial charge in [-0.3, -0.25) is 14.2 Å². The van der Waals surface area contributed by atoms with E-state index in [1.807, 2.05) is 7.05 Å². The summed E-state index contributed by atoms with van der Waals surface area (Å²) in [4.78, 5) is 32.0. The molecule has 1 aliphatic heterocycles. The Morgan fingerprint density at radius 3 is 2.67 bits per heavy atom. The van der Waals surface area contributed by atoms with E-state index < -0.39 is 17.2 Å². The molecule has 2 aromatic rings. The van der Waals surface area contributed by atoms with E-state index in [4.69, 9.17) is 0 Å². The van der Waals surface area contributed by atoms with Gasteiger partial charge in [-0.15, -0.1) is 0 Å². The first-order chi connectivity index (χ1) is 14.3. The van der Waals surface area contributed by atoms with Crippen molar-refractivity contribution in [2.24, 2.45) is 5.92 Å². The highest BCUT2D eigenvalue weighted by Crippen LogP contribution is 2.19. The molecule has 8 nitrogen and oxygen atoms in total. The molecule has 30 heavy (non-hydrogen) atoms. The molecule has 2 heterocycles. The second-order valence-electron chi connectivity index (χ2n) is 8.05. The fourth-order valence-corrected chi connectivity index (χ4v) is 3.36. The molecule has 3 N–H and O–H groups in total. The summed E-state index contributed by atoms with van der Waals surface area (Å²) in [7, 11) is 1.96. The van der Waals surface area contributed by atoms with Crippen molar-refractivity contribution in [3.05, 3.63) is 57.5 Å². The third-order valence-electron chi connectivity index (χ3n) is 5.04. The van der Waals surface area contributed by atoms with Crippen LogP contribution in [-0.2, 0) is 13.1 Å². The van der Waals surface area contributed by atoms with E-state index in [0.717, 1.165) is 6.54 Å². The first-order valence-corrected chi connectivity index (χ1v) is 10.0. The van der Waals surface area contributed by atoms with Crippen LogP contribution in [0.15, 0.2) is 29.1 Å². The van der Waals surface area contributed by atoms with Crippen molar-refractivity contribution in [3.63, 3.8) is 0 Å². The predicted octanol–water partition coefficient (Wildman–Crippen LogP) is 1.25. The molecule has 1 aromatic heterocycles. The number of aromatic hydroxyl groups is 1. The highest BCUT2D eigenvalue weighted by Gasteiger charge is 2.28. The maximum absolute atomic E-state index is 13.0. The molecule has 162 valence electrons. The maximum atomic E-state index is 13.0. The van der Waals surface area contributed by atoms with Crippen molar-refractivity contribution in [3.8, 4) is 5.75 Å². The van der Waals surface area contributed by atoms with Crippen LogP contribution in [0.25, 0.3) is 0 Å². The molecule has 9 heteroatoms. The lowest BCUT2D eigenvalue weighted by Gasteiger charge is -2.23. The number of hydrogen-bond donors (Lipinski definition) is 3. The van der Waals surface area contributed by atoms with Gasteiger partial charge in [0.2, 0.25) is 5.75 Å². The van der Waals surface area contributed by atoms with Crippen molar-refractivity contribution < 1.29 is 14.3 Å². The van der Waals surface area contributed by atoms with E-state index in [0.29, 0.717) is 36.9 Å². The summed E-state index contributed by atoms with van der Waals surface area (Å²) in [5, 5.41) is 16.4. The first-order valence-electron chi connectivity index (χ1n) is 10.0. The van der Waals surface area contributed by atoms with Gasteiger partial charge in [-0.1, -0.05) is 26.0 Å². The summed E-state index contributed by atoms with van der Waals surface area (Å²) in [6.45, 7) is 6.64. The largest absolute Gasteiger partial charge is 0.501 e. The first kappa shape index (κ1) is 21.9. The molecule has 1 amide bonds. The molecule has 1 atom stereocenters. The Hall–Kier alpha value is -2.78. The van der Waals surface area contributed by atoms with Gasteiger partial charge in [-0.25, -0.2) is 9.37 Å². The summed E-state index contributed by atoms with van der Waals surface area (Å²) in [6, 6.07) is 5.45. The number of halogens is 1. The summed E-state index contributed by atoms with van der Waals surface area (Å²) < 4.78 is 14.5. The molecular formula is C21H28FN5O3. The third kappa shape index (κ3) is 5.03. The van der Waals surface area contributed by atoms with Gasteiger partial charge in [0, 0.05) is 26.2 Å². The van der Waals surface area contributed by atoms with Crippen LogP contribution in [0.2, 0.25) is 0 Å². The molecule has 0 radical (unpaired) electrons. The Morgan fingerprint density at radius 2 is 2.00 bits per heavy atom. The van der Waals surface area contributed by atoms with Gasteiger partial charge >= 0.3 is 0 Å². The average Bonchev–Trinajstić information content (AvgIpc) is 2.87. The third-order valence-corrected chi connectivity index (χ3v) is 5.04. The molecule has 0 bridgehead atoms. The number of amides is 1. The van der Waals surface area contributed by atoms with E-state index in [2.05, 4.69) is 34.4 Å². The van der Waals surface area contributed by atoms with E-state index in [9.17, 15) is 19.1 Å². The Labute approximate surface area is 174 Å². The molecule has 1 aromatic carbocycles. The van der Waals surface area contributed by atoms with Gasteiger partial charge in [0.15, 0.2) is 5.69 Å². The quantitative estimate of drug-likeness (QED) is 0.654. The summed E-state index contributed by atoms with van der Waals surface area (Å²) in [5.41, 5.74) is -0.235. The number of carbonyl (C=O) groups excluding carboxylic acids is 1. The summed E-state index contributed by atoms with van der Waals surface area (Å²) in [5.74, 6) is -0.850. The average molecular weight is 417 g/mol. The van der Waals surface area contributed by atoms with Gasteiger partial charge < -0.3 is 20.6 Å². The van der Waals surface area contributed by atoms with Crippen LogP contribution in [0.1, 0.15) is 41.8 Å². The van der Waals surface area contributed by atoms with Gasteiger partial charge in [0.25, 0.3) is 11.5 Å². The lowest BCUT2D eigenvalue weighted by Crippen LogP contribution is -2.37. The van der Waals surface area contributed by atoms with Crippen molar-refractivity contribution in [1.29, 1.82) is 0 Å². The minimum atomic E-state index is -0.664. The zero-order chi connectivity index (χ0) is 21.8. The van der Waals surface area contributed by atoms with Gasteiger partial charge in [0.1, 0.15) is 11.6 Å². The van der Waals surface area contributed by atoms with Crippen LogP contribution in [0.3, 0.4) is 0 Å². The lowest BCUT2D eigenvalue weighted by atomic mass is 10.1. The highest BCUT2D eigenvalue weighted by atomic mass is 19.1. The number of benzene rings is 1. The highest BCUT2D eigenvalue weighted by molar-refractivity contribution is 5.94. The van der Waals surface area contributed by atoms with Crippen molar-refractivity contribution >= 4 is 5.91 Å². The van der Waals surface area contributed by atoms with Gasteiger partial charge in [-0.2, -0.15) is 0 Å². The SMILES string of the molecule is CC(C)CNC1CN(C)CCn2c1nc(C(=O)NCc1ccc(F)cc1)c(O)c2=O. The summed E-state index contributed by atoms with van der Waals surface area (Å²) >= 11 is 0. The van der Waals surface area contributed by atoms with Crippen LogP contribution in [0.5, 0.6) is 5.75 Å². The number of fused-ring (bicyclic) bond motifs is 1. The molecule has 0 fully saturated rings. The molecule has 1 unspecified atom stereocenters. The van der Waals surface area contributed by atoms with Crippen LogP contribution in [-0.4, -0.2) is 52.1 Å². The predicted molar refractivity (Wildman–Crippen MR) is 111 cm³/mol. The number of likely N-dealkylation sites (N-methyl/N-ethyl adjacent to an activating group) is 1. The van der Waals surface area contributed by atoms with Crippen molar-refractivity contribution in [2.75, 3.05) is 26.7 Å². The smallest absolute Gasteiger partial charge is 0.296 e. The number of nitrogens with zero attached hydrogens (tertiary/aromatic N) is 3. The second-order valence-corrected chi connectivity index (χ2v) is 8.05. The molecule has 1 aliphatic rings. The molecule has 0 saturated heterocycles. The van der Waals surface area contributed by atoms with E-state index in [-0.39, 0.29) is 24.1 Å². The zero-order valence-corrected chi connectivity index (χ0v) is 17.5. The maximum Gasteiger partial charge on any atom is 0.296 e. The van der Waals surface area contributed by atoms with Crippen molar-refractivity contribution in [1.82, 2.24) is 25.1 Å². The van der Waals surface area contributed by atoms with Crippen LogP contribution >= 0.6 is 0 Å². The molecular weight excluding hydrogens is 389 g/mol. The summed E-state index contributed by atoms with van der Waals surface area (Å²) in [6.07, 6.45) is 0. The Kier molecular flexibility index (Phi) is 6.84. The van der Waals surface area contributed by atoms with Crippen molar-refractivity contribution in [2.45, 2.75) is 33.0 Å². The second kappa shape index (κ2) is 9.36. The van der Waals surface area contributed by atoms with E-state index in [1.54, 1.807) is 12.1 Å². The number of nitrogens with one attached hydrogen (secondary N) is 2. The Balaban J connectivity index is 1.89. The Bertz CT molecular complexity index is 958. The van der Waals surface area contributed by atoms with E-state index in [1.165, 1.54) is 16.7 Å². The number of aromatic nitrogens is 2. The molecule has 0 spiro atoms. The number of rotatable bonds is 6. The Morgan fingerprint density at radius 1 is 1.30 bits per heavy atom. The van der Waals surface area contributed by atoms with Crippen LogP contribution in [0, 0.1) is 11.7 Å². The fourth-order valence-electron chi connectivity index (χ4n) is 3.36. The number of hydrogen-bond acceptors (Lipinski definition) is 6. The van der Waals surface area contributed by atoms with Crippen LogP contribution in [0.4, 0.5) is 4.39 Å². The monoisotopic (exact) mass is 417 g/mol. The topological polar surface area (TPSA) is 99.5 Å². The van der Waals surface area contributed by atoms with E-state index >= 15 is 0 Å². The lowest BCUT2D eigenvalue weighted by molar-refractivity contribution is 0.0941. The molecule has 3 rings (SSSR count). The zero-order valence-electron chi connectivity index (χ0n) is 17.5. The number of carbonyl (C=O) groups is 1. The normalized spacial score (nSPS) is 16.9. The van der Waals surface area contributed by atoms with Gasteiger partial charge in [0.05, 0.1) is 6.04 Å². The fraction of sp³-hybridized carbons (Fsp3) is 0.476.